The maximum atomic E-state index is 11.9. The fraction of sp³-hybridized carbons (Fsp3) is 0.308. The fourth-order valence-electron chi connectivity index (χ4n) is 1.44. The number of aliphatic carboxylic acids is 1. The minimum absolute atomic E-state index is 0.0197. The molecule has 0 heterocycles. The molecule has 0 saturated carbocycles. The first-order valence-electron chi connectivity index (χ1n) is 5.92. The zero-order chi connectivity index (χ0) is 16.0. The van der Waals surface area contributed by atoms with E-state index in [1.54, 1.807) is 20.2 Å². The fourth-order valence-corrected chi connectivity index (χ4v) is 2.17. The number of carboxylic acids is 1. The zero-order valence-corrected chi connectivity index (χ0v) is 13.1. The average molecular weight is 331 g/mol. The number of rotatable bonds is 6. The van der Waals surface area contributed by atoms with Crippen molar-refractivity contribution in [3.63, 3.8) is 0 Å². The van der Waals surface area contributed by atoms with E-state index < -0.39 is 5.97 Å². The van der Waals surface area contributed by atoms with Gasteiger partial charge in [0.25, 0.3) is 5.91 Å². The van der Waals surface area contributed by atoms with Gasteiger partial charge in [0.15, 0.2) is 0 Å². The average Bonchev–Trinajstić information content (AvgIpc) is 2.39. The molecule has 114 valence electrons. The van der Waals surface area contributed by atoms with Crippen LogP contribution in [0.25, 0.3) is 0 Å². The number of nitrogens with zero attached hydrogens (tertiary/aromatic N) is 1. The summed E-state index contributed by atoms with van der Waals surface area (Å²) in [5.74, 6) is -1.70. The summed E-state index contributed by atoms with van der Waals surface area (Å²) in [6, 6.07) is 4.59. The number of carbonyl (C=O) groups is 3. The Morgan fingerprint density at radius 2 is 1.95 bits per heavy atom. The Balaban J connectivity index is 2.72. The Kier molecular flexibility index (Phi) is 6.51. The molecule has 0 aliphatic carbocycles. The summed E-state index contributed by atoms with van der Waals surface area (Å²) in [6.07, 6.45) is 0. The summed E-state index contributed by atoms with van der Waals surface area (Å²) >= 11 is 6.96. The van der Waals surface area contributed by atoms with E-state index in [0.29, 0.717) is 10.7 Å². The molecule has 0 atom stereocenters. The van der Waals surface area contributed by atoms with Crippen LogP contribution < -0.4 is 5.32 Å². The molecule has 0 aromatic heterocycles. The molecular weight excluding hydrogens is 316 g/mol. The monoisotopic (exact) mass is 330 g/mol. The third kappa shape index (κ3) is 5.65. The first-order chi connectivity index (χ1) is 9.81. The van der Waals surface area contributed by atoms with Crippen LogP contribution >= 0.6 is 23.4 Å². The van der Waals surface area contributed by atoms with Crippen LogP contribution in [0.2, 0.25) is 5.02 Å². The molecule has 2 N–H and O–H groups in total. The van der Waals surface area contributed by atoms with Crippen LogP contribution in [-0.2, 0) is 9.59 Å². The highest BCUT2D eigenvalue weighted by Crippen LogP contribution is 2.21. The van der Waals surface area contributed by atoms with Gasteiger partial charge in [0, 0.05) is 19.8 Å². The van der Waals surface area contributed by atoms with Crippen LogP contribution in [0.1, 0.15) is 10.4 Å². The molecule has 0 saturated heterocycles. The summed E-state index contributed by atoms with van der Waals surface area (Å²) in [5.41, 5.74) is 0.725. The lowest BCUT2D eigenvalue weighted by atomic mass is 10.1. The number of benzene rings is 1. The number of carbonyl (C=O) groups excluding carboxylic acids is 2. The van der Waals surface area contributed by atoms with Gasteiger partial charge >= 0.3 is 5.97 Å². The number of halogens is 1. The number of anilines is 1. The van der Waals surface area contributed by atoms with E-state index in [4.69, 9.17) is 16.7 Å². The summed E-state index contributed by atoms with van der Waals surface area (Å²) < 4.78 is 0. The van der Waals surface area contributed by atoms with Gasteiger partial charge in [-0.15, -0.1) is 11.8 Å². The first-order valence-corrected chi connectivity index (χ1v) is 7.45. The Morgan fingerprint density at radius 3 is 2.52 bits per heavy atom. The van der Waals surface area contributed by atoms with Gasteiger partial charge in [-0.05, 0) is 18.2 Å². The topological polar surface area (TPSA) is 86.7 Å². The number of carboxylic acid groups (broad SMARTS) is 1. The molecule has 0 aliphatic rings. The Morgan fingerprint density at radius 1 is 1.29 bits per heavy atom. The minimum Gasteiger partial charge on any atom is -0.481 e. The Bertz CT molecular complexity index is 563. The molecular formula is C13H15ClN2O4S. The van der Waals surface area contributed by atoms with Gasteiger partial charge in [-0.3, -0.25) is 14.4 Å². The molecule has 0 unspecified atom stereocenters. The van der Waals surface area contributed by atoms with Gasteiger partial charge in [0.05, 0.1) is 22.1 Å². The molecule has 21 heavy (non-hydrogen) atoms. The molecule has 6 nitrogen and oxygen atoms in total. The highest BCUT2D eigenvalue weighted by atomic mass is 35.5. The standard InChI is InChI=1S/C13H15ClN2O4S/c1-16(2)13(20)9-5-8(3-4-10(9)14)15-11(17)6-21-7-12(18)19/h3-5H,6-7H2,1-2H3,(H,15,17)(H,18,19). The molecule has 1 rings (SSSR count). The molecule has 1 aromatic carbocycles. The molecule has 0 radical (unpaired) electrons. The van der Waals surface area contributed by atoms with Gasteiger partial charge < -0.3 is 15.3 Å². The van der Waals surface area contributed by atoms with E-state index in [1.165, 1.54) is 17.0 Å². The summed E-state index contributed by atoms with van der Waals surface area (Å²) in [6.45, 7) is 0. The van der Waals surface area contributed by atoms with Gasteiger partial charge in [0.1, 0.15) is 0 Å². The SMILES string of the molecule is CN(C)C(=O)c1cc(NC(=O)CSCC(=O)O)ccc1Cl. The molecule has 1 aromatic rings. The Labute approximate surface area is 131 Å². The van der Waals surface area contributed by atoms with Crippen LogP contribution in [-0.4, -0.2) is 53.4 Å². The van der Waals surface area contributed by atoms with Crippen molar-refractivity contribution in [1.29, 1.82) is 0 Å². The number of hydrogen-bond acceptors (Lipinski definition) is 4. The third-order valence-electron chi connectivity index (χ3n) is 2.35. The highest BCUT2D eigenvalue weighted by molar-refractivity contribution is 8.00. The molecule has 0 fully saturated rings. The second-order valence-electron chi connectivity index (χ2n) is 4.33. The highest BCUT2D eigenvalue weighted by Gasteiger charge is 2.14. The van der Waals surface area contributed by atoms with E-state index in [9.17, 15) is 14.4 Å². The first kappa shape index (κ1) is 17.3. The second kappa shape index (κ2) is 7.90. The van der Waals surface area contributed by atoms with Crippen LogP contribution in [0.5, 0.6) is 0 Å². The zero-order valence-electron chi connectivity index (χ0n) is 11.6. The number of amides is 2. The number of nitrogens with one attached hydrogen (secondary N) is 1. The van der Waals surface area contributed by atoms with Crippen LogP contribution in [0.4, 0.5) is 5.69 Å². The second-order valence-corrected chi connectivity index (χ2v) is 5.72. The van der Waals surface area contributed by atoms with E-state index in [0.717, 1.165) is 11.8 Å². The number of thioether (sulfide) groups is 1. The van der Waals surface area contributed by atoms with E-state index in [1.807, 2.05) is 0 Å². The smallest absolute Gasteiger partial charge is 0.313 e. The van der Waals surface area contributed by atoms with Crippen LogP contribution in [0.15, 0.2) is 18.2 Å². The summed E-state index contributed by atoms with van der Waals surface area (Å²) in [4.78, 5) is 35.3. The van der Waals surface area contributed by atoms with Crippen molar-refractivity contribution in [1.82, 2.24) is 4.90 Å². The van der Waals surface area contributed by atoms with Crippen molar-refractivity contribution in [2.75, 3.05) is 30.9 Å². The van der Waals surface area contributed by atoms with Gasteiger partial charge in [-0.2, -0.15) is 0 Å². The van der Waals surface area contributed by atoms with Crippen LogP contribution in [0.3, 0.4) is 0 Å². The minimum atomic E-state index is -0.974. The predicted octanol–water partition coefficient (Wildman–Crippen LogP) is 1.80. The molecule has 0 spiro atoms. The molecule has 2 amide bonds. The van der Waals surface area contributed by atoms with E-state index in [2.05, 4.69) is 5.32 Å². The van der Waals surface area contributed by atoms with Crippen LogP contribution in [0, 0.1) is 0 Å². The van der Waals surface area contributed by atoms with Crippen molar-refractivity contribution in [3.8, 4) is 0 Å². The molecule has 8 heteroatoms. The lowest BCUT2D eigenvalue weighted by molar-refractivity contribution is -0.133. The normalized spacial score (nSPS) is 10.0. The molecule has 0 aliphatic heterocycles. The van der Waals surface area contributed by atoms with E-state index >= 15 is 0 Å². The summed E-state index contributed by atoms with van der Waals surface area (Å²) in [5, 5.41) is 11.4. The molecule has 0 bridgehead atoms. The quantitative estimate of drug-likeness (QED) is 0.830. The van der Waals surface area contributed by atoms with Crippen molar-refractivity contribution in [3.05, 3.63) is 28.8 Å². The Hall–Kier alpha value is -1.73. The van der Waals surface area contributed by atoms with Gasteiger partial charge in [-0.25, -0.2) is 0 Å². The maximum Gasteiger partial charge on any atom is 0.313 e. The lowest BCUT2D eigenvalue weighted by Crippen LogP contribution is -2.22. The van der Waals surface area contributed by atoms with E-state index in [-0.39, 0.29) is 28.9 Å². The van der Waals surface area contributed by atoms with Gasteiger partial charge in [-0.1, -0.05) is 11.6 Å². The summed E-state index contributed by atoms with van der Waals surface area (Å²) in [7, 11) is 3.21. The lowest BCUT2D eigenvalue weighted by Gasteiger charge is -2.13. The van der Waals surface area contributed by atoms with Crippen molar-refractivity contribution < 1.29 is 19.5 Å². The largest absolute Gasteiger partial charge is 0.481 e. The predicted molar refractivity (Wildman–Crippen MR) is 83.1 cm³/mol. The van der Waals surface area contributed by atoms with Crippen molar-refractivity contribution in [2.45, 2.75) is 0 Å². The number of hydrogen-bond donors (Lipinski definition) is 2. The maximum absolute atomic E-state index is 11.9. The van der Waals surface area contributed by atoms with Gasteiger partial charge in [0.2, 0.25) is 5.91 Å². The van der Waals surface area contributed by atoms with Crippen molar-refractivity contribution in [2.24, 2.45) is 0 Å². The van der Waals surface area contributed by atoms with Crippen molar-refractivity contribution >= 4 is 46.8 Å². The third-order valence-corrected chi connectivity index (χ3v) is 3.59.